The van der Waals surface area contributed by atoms with Gasteiger partial charge in [-0.15, -0.1) is 0 Å². The topological polar surface area (TPSA) is 29.5 Å². The summed E-state index contributed by atoms with van der Waals surface area (Å²) in [5.74, 6) is 0.816. The van der Waals surface area contributed by atoms with Crippen LogP contribution in [0.4, 0.5) is 0 Å². The second-order valence-electron chi connectivity index (χ2n) is 6.60. The van der Waals surface area contributed by atoms with Crippen molar-refractivity contribution in [2.45, 2.75) is 12.1 Å². The molecule has 130 valence electrons. The maximum Gasteiger partial charge on any atom is 0.150 e. The number of likely N-dealkylation sites (tertiary alicyclic amines) is 1. The van der Waals surface area contributed by atoms with E-state index in [1.807, 2.05) is 12.1 Å². The van der Waals surface area contributed by atoms with Gasteiger partial charge >= 0.3 is 0 Å². The first kappa shape index (κ1) is 16.6. The Hall–Kier alpha value is -2.91. The van der Waals surface area contributed by atoms with Crippen LogP contribution >= 0.6 is 0 Å². The van der Waals surface area contributed by atoms with Crippen molar-refractivity contribution in [1.29, 1.82) is 0 Å². The van der Waals surface area contributed by atoms with Crippen LogP contribution in [-0.2, 0) is 0 Å². The lowest BCUT2D eigenvalue weighted by molar-refractivity contribution is 0.000289. The molecular formula is C23H21NO2. The molecule has 4 rings (SSSR count). The Bertz CT molecular complexity index is 801. The van der Waals surface area contributed by atoms with Gasteiger partial charge < -0.3 is 4.74 Å². The fraction of sp³-hybridized carbons (Fsp3) is 0.174. The Morgan fingerprint density at radius 3 is 1.85 bits per heavy atom. The molecule has 0 aromatic heterocycles. The van der Waals surface area contributed by atoms with Gasteiger partial charge in [-0.3, -0.25) is 9.69 Å². The van der Waals surface area contributed by atoms with Gasteiger partial charge in [0.05, 0.1) is 6.04 Å². The maximum atomic E-state index is 10.7. The van der Waals surface area contributed by atoms with E-state index in [0.717, 1.165) is 25.1 Å². The molecule has 3 nitrogen and oxygen atoms in total. The third-order valence-corrected chi connectivity index (χ3v) is 4.79. The van der Waals surface area contributed by atoms with Crippen molar-refractivity contribution in [3.8, 4) is 5.75 Å². The average Bonchev–Trinajstić information content (AvgIpc) is 2.68. The number of rotatable bonds is 6. The molecule has 0 spiro atoms. The molecule has 1 fully saturated rings. The van der Waals surface area contributed by atoms with Gasteiger partial charge in [-0.1, -0.05) is 60.7 Å². The second kappa shape index (κ2) is 7.54. The van der Waals surface area contributed by atoms with E-state index < -0.39 is 0 Å². The van der Waals surface area contributed by atoms with Crippen LogP contribution < -0.4 is 4.74 Å². The van der Waals surface area contributed by atoms with Gasteiger partial charge in [0.25, 0.3) is 0 Å². The highest BCUT2D eigenvalue weighted by atomic mass is 16.5. The quantitative estimate of drug-likeness (QED) is 0.623. The molecule has 1 aliphatic heterocycles. The smallest absolute Gasteiger partial charge is 0.150 e. The Balaban J connectivity index is 1.46. The van der Waals surface area contributed by atoms with E-state index in [-0.39, 0.29) is 12.1 Å². The zero-order valence-electron chi connectivity index (χ0n) is 14.5. The average molecular weight is 343 g/mol. The molecule has 3 heteroatoms. The summed E-state index contributed by atoms with van der Waals surface area (Å²) in [6.45, 7) is 1.76. The van der Waals surface area contributed by atoms with Gasteiger partial charge in [-0.2, -0.15) is 0 Å². The van der Waals surface area contributed by atoms with E-state index in [2.05, 4.69) is 65.6 Å². The lowest BCUT2D eigenvalue weighted by Gasteiger charge is -2.44. The molecule has 0 aliphatic carbocycles. The molecule has 1 heterocycles. The van der Waals surface area contributed by atoms with Gasteiger partial charge in [0.15, 0.2) is 0 Å². The fourth-order valence-corrected chi connectivity index (χ4v) is 3.46. The first-order valence-electron chi connectivity index (χ1n) is 8.89. The molecule has 0 radical (unpaired) electrons. The highest BCUT2D eigenvalue weighted by molar-refractivity contribution is 5.74. The number of benzene rings is 3. The minimum atomic E-state index is 0.173. The number of aldehydes is 1. The number of carbonyl (C=O) groups is 1. The molecular weight excluding hydrogens is 322 g/mol. The van der Waals surface area contributed by atoms with Crippen LogP contribution in [0.2, 0.25) is 0 Å². The zero-order valence-corrected chi connectivity index (χ0v) is 14.5. The zero-order chi connectivity index (χ0) is 17.8. The van der Waals surface area contributed by atoms with Gasteiger partial charge in [-0.05, 0) is 35.4 Å². The monoisotopic (exact) mass is 343 g/mol. The van der Waals surface area contributed by atoms with Crippen LogP contribution in [0, 0.1) is 0 Å². The first-order valence-corrected chi connectivity index (χ1v) is 8.89. The molecule has 0 saturated carbocycles. The minimum Gasteiger partial charge on any atom is -0.488 e. The van der Waals surface area contributed by atoms with Crippen molar-refractivity contribution < 1.29 is 9.53 Å². The summed E-state index contributed by atoms with van der Waals surface area (Å²) in [6, 6.07) is 28.7. The molecule has 1 saturated heterocycles. The Labute approximate surface area is 153 Å². The predicted molar refractivity (Wildman–Crippen MR) is 103 cm³/mol. The van der Waals surface area contributed by atoms with Gasteiger partial charge in [0.2, 0.25) is 0 Å². The number of carbonyl (C=O) groups excluding carboxylic acids is 1. The second-order valence-corrected chi connectivity index (χ2v) is 6.60. The maximum absolute atomic E-state index is 10.7. The molecule has 0 unspecified atom stereocenters. The third-order valence-electron chi connectivity index (χ3n) is 4.79. The summed E-state index contributed by atoms with van der Waals surface area (Å²) < 4.78 is 6.04. The summed E-state index contributed by atoms with van der Waals surface area (Å²) in [5.41, 5.74) is 3.26. The normalized spacial score (nSPS) is 14.8. The summed E-state index contributed by atoms with van der Waals surface area (Å²) in [7, 11) is 0. The molecule has 26 heavy (non-hydrogen) atoms. The van der Waals surface area contributed by atoms with Crippen molar-refractivity contribution in [3.63, 3.8) is 0 Å². The van der Waals surface area contributed by atoms with E-state index >= 15 is 0 Å². The van der Waals surface area contributed by atoms with Crippen molar-refractivity contribution >= 4 is 6.29 Å². The molecule has 0 atom stereocenters. The van der Waals surface area contributed by atoms with Crippen LogP contribution in [0.25, 0.3) is 0 Å². The summed E-state index contributed by atoms with van der Waals surface area (Å²) >= 11 is 0. The van der Waals surface area contributed by atoms with Gasteiger partial charge in [0.1, 0.15) is 18.1 Å². The standard InChI is InChI=1S/C23H21NO2/c25-17-18-11-13-21(14-12-18)26-22-15-24(16-22)23(19-7-3-1-4-8-19)20-9-5-2-6-10-20/h1-14,17,22-23H,15-16H2. The predicted octanol–water partition coefficient (Wildman–Crippen LogP) is 4.35. The molecule has 3 aromatic carbocycles. The minimum absolute atomic E-state index is 0.173. The fourth-order valence-electron chi connectivity index (χ4n) is 3.46. The van der Waals surface area contributed by atoms with Crippen molar-refractivity contribution in [1.82, 2.24) is 4.90 Å². The van der Waals surface area contributed by atoms with Crippen molar-refractivity contribution in [2.75, 3.05) is 13.1 Å². The molecule has 3 aromatic rings. The van der Waals surface area contributed by atoms with E-state index in [9.17, 15) is 4.79 Å². The Morgan fingerprint density at radius 1 is 0.808 bits per heavy atom. The van der Waals surface area contributed by atoms with Crippen molar-refractivity contribution in [2.24, 2.45) is 0 Å². The number of hydrogen-bond donors (Lipinski definition) is 0. The number of nitrogens with zero attached hydrogens (tertiary/aromatic N) is 1. The van der Waals surface area contributed by atoms with E-state index in [4.69, 9.17) is 4.74 Å². The van der Waals surface area contributed by atoms with Crippen LogP contribution in [0.5, 0.6) is 5.75 Å². The van der Waals surface area contributed by atoms with Crippen LogP contribution in [0.15, 0.2) is 84.9 Å². The molecule has 1 aliphatic rings. The van der Waals surface area contributed by atoms with Gasteiger partial charge in [-0.25, -0.2) is 0 Å². The highest BCUT2D eigenvalue weighted by Gasteiger charge is 2.35. The Morgan fingerprint density at radius 2 is 1.35 bits per heavy atom. The highest BCUT2D eigenvalue weighted by Crippen LogP contribution is 2.33. The van der Waals surface area contributed by atoms with Gasteiger partial charge in [0, 0.05) is 18.7 Å². The number of ether oxygens (including phenoxy) is 1. The molecule has 0 N–H and O–H groups in total. The number of hydrogen-bond acceptors (Lipinski definition) is 3. The van der Waals surface area contributed by atoms with Crippen molar-refractivity contribution in [3.05, 3.63) is 102 Å². The van der Waals surface area contributed by atoms with Crippen LogP contribution in [-0.4, -0.2) is 30.4 Å². The molecule has 0 bridgehead atoms. The van der Waals surface area contributed by atoms with Crippen LogP contribution in [0.1, 0.15) is 27.5 Å². The first-order chi connectivity index (χ1) is 12.8. The summed E-state index contributed by atoms with van der Waals surface area (Å²) in [4.78, 5) is 13.2. The van der Waals surface area contributed by atoms with E-state index in [1.54, 1.807) is 12.1 Å². The third kappa shape index (κ3) is 3.53. The van der Waals surface area contributed by atoms with Crippen LogP contribution in [0.3, 0.4) is 0 Å². The lowest BCUT2D eigenvalue weighted by Crippen LogP contribution is -2.55. The summed E-state index contributed by atoms with van der Waals surface area (Å²) in [6.07, 6.45) is 1.02. The van der Waals surface area contributed by atoms with E-state index in [0.29, 0.717) is 5.56 Å². The summed E-state index contributed by atoms with van der Waals surface area (Å²) in [5, 5.41) is 0. The van der Waals surface area contributed by atoms with E-state index in [1.165, 1.54) is 11.1 Å². The molecule has 0 amide bonds. The Kier molecular flexibility index (Phi) is 4.80. The largest absolute Gasteiger partial charge is 0.488 e. The SMILES string of the molecule is O=Cc1ccc(OC2CN(C(c3ccccc3)c3ccccc3)C2)cc1. The lowest BCUT2D eigenvalue weighted by atomic mass is 9.94.